The largest absolute Gasteiger partial charge is 0.387 e. The predicted octanol–water partition coefficient (Wildman–Crippen LogP) is 2.82. The molecular formula is C16H18O3S. The van der Waals surface area contributed by atoms with Crippen LogP contribution in [-0.2, 0) is 9.84 Å². The van der Waals surface area contributed by atoms with Gasteiger partial charge in [0.1, 0.15) is 0 Å². The molecule has 3 nitrogen and oxygen atoms in total. The number of benzene rings is 2. The van der Waals surface area contributed by atoms with Crippen LogP contribution in [0.5, 0.6) is 0 Å². The third-order valence-corrected chi connectivity index (χ3v) is 4.96. The molecule has 4 heteroatoms. The quantitative estimate of drug-likeness (QED) is 0.921. The third-order valence-electron chi connectivity index (χ3n) is 3.25. The maximum Gasteiger partial charge on any atom is 0.152 e. The molecule has 0 aromatic heterocycles. The highest BCUT2D eigenvalue weighted by Gasteiger charge is 2.16. The van der Waals surface area contributed by atoms with E-state index in [4.69, 9.17) is 0 Å². The lowest BCUT2D eigenvalue weighted by Gasteiger charge is -2.11. The van der Waals surface area contributed by atoms with E-state index in [1.807, 2.05) is 42.5 Å². The van der Waals surface area contributed by atoms with Gasteiger partial charge in [0.25, 0.3) is 0 Å². The lowest BCUT2D eigenvalue weighted by molar-refractivity contribution is 0.201. The fourth-order valence-corrected chi connectivity index (χ4v) is 2.89. The van der Waals surface area contributed by atoms with Crippen molar-refractivity contribution in [3.05, 3.63) is 60.2 Å². The van der Waals surface area contributed by atoms with E-state index in [1.54, 1.807) is 19.1 Å². The summed E-state index contributed by atoms with van der Waals surface area (Å²) < 4.78 is 23.0. The van der Waals surface area contributed by atoms with Crippen molar-refractivity contribution >= 4 is 9.84 Å². The monoisotopic (exact) mass is 290 g/mol. The van der Waals surface area contributed by atoms with Crippen molar-refractivity contribution in [1.29, 1.82) is 0 Å². The molecule has 2 aromatic rings. The summed E-state index contributed by atoms with van der Waals surface area (Å²) in [7, 11) is -3.18. The Morgan fingerprint density at radius 1 is 0.950 bits per heavy atom. The number of rotatable bonds is 5. The first-order chi connectivity index (χ1) is 9.52. The van der Waals surface area contributed by atoms with Crippen LogP contribution in [0.1, 0.15) is 18.6 Å². The van der Waals surface area contributed by atoms with E-state index in [9.17, 15) is 13.5 Å². The van der Waals surface area contributed by atoms with Crippen LogP contribution in [0.4, 0.5) is 0 Å². The van der Waals surface area contributed by atoms with Crippen molar-refractivity contribution in [3.63, 3.8) is 0 Å². The summed E-state index contributed by atoms with van der Waals surface area (Å²) in [4.78, 5) is 0. The molecule has 1 N–H and O–H groups in total. The van der Waals surface area contributed by atoms with E-state index in [1.165, 1.54) is 0 Å². The van der Waals surface area contributed by atoms with Crippen molar-refractivity contribution in [2.45, 2.75) is 13.0 Å². The number of hydrogen-bond donors (Lipinski definition) is 1. The molecule has 0 spiro atoms. The maximum atomic E-state index is 11.5. The van der Waals surface area contributed by atoms with Crippen molar-refractivity contribution in [1.82, 2.24) is 0 Å². The molecule has 0 fully saturated rings. The summed E-state index contributed by atoms with van der Waals surface area (Å²) in [5.74, 6) is -0.180. The second-order valence-corrected chi connectivity index (χ2v) is 7.10. The van der Waals surface area contributed by atoms with E-state index >= 15 is 0 Å². The van der Waals surface area contributed by atoms with Crippen molar-refractivity contribution < 1.29 is 13.5 Å². The van der Waals surface area contributed by atoms with Crippen LogP contribution >= 0.6 is 0 Å². The smallest absolute Gasteiger partial charge is 0.152 e. The zero-order valence-electron chi connectivity index (χ0n) is 11.4. The minimum atomic E-state index is -3.18. The Morgan fingerprint density at radius 3 is 2.05 bits per heavy atom. The molecule has 20 heavy (non-hydrogen) atoms. The number of sulfone groups is 1. The summed E-state index contributed by atoms with van der Waals surface area (Å²) in [6.07, 6.45) is -0.968. The molecule has 0 saturated carbocycles. The van der Waals surface area contributed by atoms with Gasteiger partial charge in [-0.15, -0.1) is 0 Å². The zero-order chi connectivity index (χ0) is 14.6. The molecule has 0 radical (unpaired) electrons. The average molecular weight is 290 g/mol. The lowest BCUT2D eigenvalue weighted by atomic mass is 10.0. The van der Waals surface area contributed by atoms with E-state index in [0.717, 1.165) is 11.1 Å². The van der Waals surface area contributed by atoms with Gasteiger partial charge in [-0.05, 0) is 16.7 Å². The molecular weight excluding hydrogens is 272 g/mol. The highest BCUT2D eigenvalue weighted by atomic mass is 32.2. The first-order valence-electron chi connectivity index (χ1n) is 6.55. The Morgan fingerprint density at radius 2 is 1.50 bits per heavy atom. The van der Waals surface area contributed by atoms with Gasteiger partial charge in [-0.25, -0.2) is 8.42 Å². The van der Waals surface area contributed by atoms with E-state index in [2.05, 4.69) is 0 Å². The molecule has 0 amide bonds. The second-order valence-electron chi connectivity index (χ2n) is 4.70. The van der Waals surface area contributed by atoms with Gasteiger partial charge in [-0.1, -0.05) is 61.5 Å². The Hall–Kier alpha value is -1.65. The van der Waals surface area contributed by atoms with E-state index < -0.39 is 15.9 Å². The molecule has 106 valence electrons. The Labute approximate surface area is 119 Å². The first kappa shape index (κ1) is 14.8. The molecule has 0 unspecified atom stereocenters. The van der Waals surface area contributed by atoms with Gasteiger partial charge < -0.3 is 5.11 Å². The van der Waals surface area contributed by atoms with Crippen LogP contribution in [0.25, 0.3) is 11.1 Å². The number of hydrogen-bond acceptors (Lipinski definition) is 3. The predicted molar refractivity (Wildman–Crippen MR) is 81.2 cm³/mol. The van der Waals surface area contributed by atoms with Gasteiger partial charge in [0.2, 0.25) is 0 Å². The average Bonchev–Trinajstić information content (AvgIpc) is 2.48. The highest BCUT2D eigenvalue weighted by Crippen LogP contribution is 2.22. The van der Waals surface area contributed by atoms with Crippen molar-refractivity contribution in [3.8, 4) is 11.1 Å². The maximum absolute atomic E-state index is 11.5. The topological polar surface area (TPSA) is 54.4 Å². The van der Waals surface area contributed by atoms with E-state index in [-0.39, 0.29) is 11.5 Å². The molecule has 0 aliphatic rings. The standard InChI is InChI=1S/C16H18O3S/c1-2-20(18,19)12-16(17)15-10-8-14(9-11-15)13-6-4-3-5-7-13/h3-11,16-17H,2,12H2,1H3/t16-/m1/s1. The Bertz CT molecular complexity index is 646. The molecule has 0 bridgehead atoms. The van der Waals surface area contributed by atoms with Crippen LogP contribution in [0.3, 0.4) is 0 Å². The minimum absolute atomic E-state index is 0.0478. The first-order valence-corrected chi connectivity index (χ1v) is 8.38. The molecule has 0 heterocycles. The second kappa shape index (κ2) is 6.20. The summed E-state index contributed by atoms with van der Waals surface area (Å²) >= 11 is 0. The minimum Gasteiger partial charge on any atom is -0.387 e. The van der Waals surface area contributed by atoms with Crippen LogP contribution in [-0.4, -0.2) is 25.0 Å². The van der Waals surface area contributed by atoms with Gasteiger partial charge in [-0.2, -0.15) is 0 Å². The molecule has 0 aliphatic carbocycles. The molecule has 2 aromatic carbocycles. The van der Waals surface area contributed by atoms with Gasteiger partial charge in [-0.3, -0.25) is 0 Å². The fraction of sp³-hybridized carbons (Fsp3) is 0.250. The van der Waals surface area contributed by atoms with Crippen LogP contribution in [0.2, 0.25) is 0 Å². The summed E-state index contributed by atoms with van der Waals surface area (Å²) in [6, 6.07) is 17.2. The van der Waals surface area contributed by atoms with Crippen molar-refractivity contribution in [2.75, 3.05) is 11.5 Å². The van der Waals surface area contributed by atoms with Crippen LogP contribution in [0, 0.1) is 0 Å². The van der Waals surface area contributed by atoms with Gasteiger partial charge in [0.05, 0.1) is 11.9 Å². The molecule has 0 saturated heterocycles. The van der Waals surface area contributed by atoms with Crippen LogP contribution < -0.4 is 0 Å². The van der Waals surface area contributed by atoms with Gasteiger partial charge >= 0.3 is 0 Å². The molecule has 2 rings (SSSR count). The summed E-state index contributed by atoms with van der Waals surface area (Å²) in [5, 5.41) is 9.97. The van der Waals surface area contributed by atoms with Crippen molar-refractivity contribution in [2.24, 2.45) is 0 Å². The Kier molecular flexibility index (Phi) is 4.57. The normalized spacial score (nSPS) is 13.1. The zero-order valence-corrected chi connectivity index (χ0v) is 12.2. The fourth-order valence-electron chi connectivity index (χ4n) is 1.98. The van der Waals surface area contributed by atoms with Gasteiger partial charge in [0, 0.05) is 5.75 Å². The molecule has 1 atom stereocenters. The van der Waals surface area contributed by atoms with E-state index in [0.29, 0.717) is 5.56 Å². The third kappa shape index (κ3) is 3.68. The number of aliphatic hydroxyl groups excluding tert-OH is 1. The summed E-state index contributed by atoms with van der Waals surface area (Å²) in [5.41, 5.74) is 2.76. The Balaban J connectivity index is 2.16. The van der Waals surface area contributed by atoms with Crippen LogP contribution in [0.15, 0.2) is 54.6 Å². The summed E-state index contributed by atoms with van der Waals surface area (Å²) in [6.45, 7) is 1.58. The van der Waals surface area contributed by atoms with Gasteiger partial charge in [0.15, 0.2) is 9.84 Å². The SMILES string of the molecule is CCS(=O)(=O)C[C@@H](O)c1ccc(-c2ccccc2)cc1. The number of aliphatic hydroxyl groups is 1. The highest BCUT2D eigenvalue weighted by molar-refractivity contribution is 7.91. The molecule has 0 aliphatic heterocycles. The lowest BCUT2D eigenvalue weighted by Crippen LogP contribution is -2.16.